The minimum absolute atomic E-state index is 0. The predicted molar refractivity (Wildman–Crippen MR) is 124 cm³/mol. The highest BCUT2D eigenvalue weighted by Crippen LogP contribution is 2.41. The van der Waals surface area contributed by atoms with Crippen LogP contribution in [0.1, 0.15) is 31.2 Å². The van der Waals surface area contributed by atoms with Crippen molar-refractivity contribution in [2.75, 3.05) is 14.2 Å². The van der Waals surface area contributed by atoms with Gasteiger partial charge in [-0.2, -0.15) is 0 Å². The lowest BCUT2D eigenvalue weighted by molar-refractivity contribution is -0.129. The summed E-state index contributed by atoms with van der Waals surface area (Å²) >= 11 is 0. The first-order valence-corrected chi connectivity index (χ1v) is 11.5. The lowest BCUT2D eigenvalue weighted by Crippen LogP contribution is -2.45. The number of hydrogen-bond donors (Lipinski definition) is 3. The quantitative estimate of drug-likeness (QED) is 0.577. The van der Waals surface area contributed by atoms with Gasteiger partial charge in [0.1, 0.15) is 5.75 Å². The molecule has 1 aliphatic rings. The Morgan fingerprint density at radius 1 is 1.13 bits per heavy atom. The summed E-state index contributed by atoms with van der Waals surface area (Å²) in [4.78, 5) is 12.5. The molecule has 3 rings (SSSR count). The maximum Gasteiger partial charge on any atom is 0.238 e. The molecule has 0 aliphatic heterocycles. The number of ether oxygens (including phenoxy) is 1. The first-order valence-electron chi connectivity index (χ1n) is 9.96. The molecule has 1 saturated carbocycles. The number of hydrogen-bond acceptors (Lipinski definition) is 5. The number of benzene rings is 2. The third-order valence-electron chi connectivity index (χ3n) is 6.20. The Balaban J connectivity index is 0.00000341. The molecule has 7 nitrogen and oxygen atoms in total. The largest absolute Gasteiger partial charge is 0.496 e. The number of nitrogens with two attached hydrogens (primary N) is 2. The summed E-state index contributed by atoms with van der Waals surface area (Å²) < 4.78 is 28.5. The SMILES string of the molecule is CNC1CCC(Cc2cc(-c3ccc(S(N)(=O)=O)cc3)ccc2OC)(C(N)=O)CC1.Cl. The van der Waals surface area contributed by atoms with Crippen LogP contribution in [-0.2, 0) is 21.2 Å². The average Bonchev–Trinajstić information content (AvgIpc) is 2.73. The molecule has 31 heavy (non-hydrogen) atoms. The molecule has 5 N–H and O–H groups in total. The lowest BCUT2D eigenvalue weighted by atomic mass is 9.68. The zero-order chi connectivity index (χ0) is 21.9. The van der Waals surface area contributed by atoms with Gasteiger partial charge in [0.15, 0.2) is 0 Å². The number of methoxy groups -OCH3 is 1. The molecule has 0 spiro atoms. The summed E-state index contributed by atoms with van der Waals surface area (Å²) in [6.07, 6.45) is 3.76. The number of rotatable bonds is 7. The van der Waals surface area contributed by atoms with Crippen LogP contribution in [0.15, 0.2) is 47.4 Å². The topological polar surface area (TPSA) is 125 Å². The van der Waals surface area contributed by atoms with E-state index in [0.29, 0.717) is 18.2 Å². The monoisotopic (exact) mass is 467 g/mol. The van der Waals surface area contributed by atoms with Crippen molar-refractivity contribution in [2.45, 2.75) is 43.0 Å². The number of primary amides is 1. The van der Waals surface area contributed by atoms with Crippen molar-refractivity contribution in [2.24, 2.45) is 16.3 Å². The van der Waals surface area contributed by atoms with Gasteiger partial charge in [0, 0.05) is 6.04 Å². The van der Waals surface area contributed by atoms with Crippen LogP contribution in [0.5, 0.6) is 5.75 Å². The van der Waals surface area contributed by atoms with Crippen molar-refractivity contribution in [3.8, 4) is 16.9 Å². The van der Waals surface area contributed by atoms with E-state index in [2.05, 4.69) is 5.32 Å². The fraction of sp³-hybridized carbons (Fsp3) is 0.409. The molecular weight excluding hydrogens is 438 g/mol. The first-order chi connectivity index (χ1) is 14.2. The van der Waals surface area contributed by atoms with Gasteiger partial charge in [-0.05, 0) is 80.1 Å². The summed E-state index contributed by atoms with van der Waals surface area (Å²) in [6.45, 7) is 0. The van der Waals surface area contributed by atoms with E-state index in [1.54, 1.807) is 19.2 Å². The highest BCUT2D eigenvalue weighted by molar-refractivity contribution is 7.89. The van der Waals surface area contributed by atoms with Crippen LogP contribution in [0.3, 0.4) is 0 Å². The van der Waals surface area contributed by atoms with Crippen LogP contribution in [0.2, 0.25) is 0 Å². The molecule has 0 aromatic heterocycles. The van der Waals surface area contributed by atoms with Crippen molar-refractivity contribution in [3.63, 3.8) is 0 Å². The van der Waals surface area contributed by atoms with E-state index in [1.165, 1.54) is 12.1 Å². The number of amides is 1. The molecule has 170 valence electrons. The van der Waals surface area contributed by atoms with Crippen LogP contribution >= 0.6 is 12.4 Å². The van der Waals surface area contributed by atoms with E-state index < -0.39 is 15.4 Å². The standard InChI is InChI=1S/C22H29N3O4S.ClH/c1-25-18-9-11-22(12-10-18,21(23)26)14-17-13-16(5-8-20(17)29-2)15-3-6-19(7-4-15)30(24,27)28;/h3-8,13,18,25H,9-12,14H2,1-2H3,(H2,23,26)(H2,24,27,28);1H. The Labute approximate surface area is 190 Å². The van der Waals surface area contributed by atoms with Gasteiger partial charge < -0.3 is 15.8 Å². The van der Waals surface area contributed by atoms with Crippen LogP contribution in [0.25, 0.3) is 11.1 Å². The second-order valence-electron chi connectivity index (χ2n) is 7.98. The normalized spacial score (nSPS) is 21.2. The molecule has 0 bridgehead atoms. The Morgan fingerprint density at radius 3 is 2.19 bits per heavy atom. The number of nitrogens with one attached hydrogen (secondary N) is 1. The molecule has 0 unspecified atom stereocenters. The number of carbonyl (C=O) groups is 1. The molecule has 9 heteroatoms. The van der Waals surface area contributed by atoms with Gasteiger partial charge in [0.25, 0.3) is 0 Å². The van der Waals surface area contributed by atoms with Crippen molar-refractivity contribution in [1.29, 1.82) is 0 Å². The fourth-order valence-corrected chi connectivity index (χ4v) is 4.78. The van der Waals surface area contributed by atoms with Crippen molar-refractivity contribution >= 4 is 28.3 Å². The van der Waals surface area contributed by atoms with E-state index in [-0.39, 0.29) is 23.2 Å². The summed E-state index contributed by atoms with van der Waals surface area (Å²) in [5.41, 5.74) is 7.92. The highest BCUT2D eigenvalue weighted by atomic mass is 35.5. The van der Waals surface area contributed by atoms with E-state index >= 15 is 0 Å². The first kappa shape index (κ1) is 25.1. The van der Waals surface area contributed by atoms with Crippen LogP contribution < -0.4 is 20.9 Å². The van der Waals surface area contributed by atoms with Crippen molar-refractivity contribution < 1.29 is 17.9 Å². The van der Waals surface area contributed by atoms with Gasteiger partial charge in [-0.3, -0.25) is 4.79 Å². The Bertz CT molecular complexity index is 1020. The van der Waals surface area contributed by atoms with Gasteiger partial charge in [-0.1, -0.05) is 18.2 Å². The highest BCUT2D eigenvalue weighted by Gasteiger charge is 2.40. The van der Waals surface area contributed by atoms with E-state index in [0.717, 1.165) is 42.4 Å². The second-order valence-corrected chi connectivity index (χ2v) is 9.54. The summed E-state index contributed by atoms with van der Waals surface area (Å²) in [6, 6.07) is 12.6. The molecule has 0 heterocycles. The summed E-state index contributed by atoms with van der Waals surface area (Å²) in [5.74, 6) is 0.429. The van der Waals surface area contributed by atoms with Crippen molar-refractivity contribution in [3.05, 3.63) is 48.0 Å². The van der Waals surface area contributed by atoms with Gasteiger partial charge in [-0.15, -0.1) is 12.4 Å². The Morgan fingerprint density at radius 2 is 1.71 bits per heavy atom. The van der Waals surface area contributed by atoms with E-state index in [9.17, 15) is 13.2 Å². The molecule has 1 aliphatic carbocycles. The molecule has 0 saturated heterocycles. The third-order valence-corrected chi connectivity index (χ3v) is 7.13. The Hall–Kier alpha value is -2.13. The second kappa shape index (κ2) is 9.99. The van der Waals surface area contributed by atoms with Crippen LogP contribution in [0, 0.1) is 5.41 Å². The molecule has 0 atom stereocenters. The van der Waals surface area contributed by atoms with Crippen molar-refractivity contribution in [1.82, 2.24) is 5.32 Å². The summed E-state index contributed by atoms with van der Waals surface area (Å²) in [7, 11) is -0.195. The number of sulfonamides is 1. The fourth-order valence-electron chi connectivity index (χ4n) is 4.27. The van der Waals surface area contributed by atoms with Crippen LogP contribution in [0.4, 0.5) is 0 Å². The predicted octanol–water partition coefficient (Wildman–Crippen LogP) is 2.61. The zero-order valence-corrected chi connectivity index (χ0v) is 19.4. The van der Waals surface area contributed by atoms with Gasteiger partial charge in [0.2, 0.25) is 15.9 Å². The Kier molecular flexibility index (Phi) is 8.10. The van der Waals surface area contributed by atoms with Gasteiger partial charge in [0.05, 0.1) is 17.4 Å². The van der Waals surface area contributed by atoms with E-state index in [1.807, 2.05) is 25.2 Å². The molecule has 1 amide bonds. The van der Waals surface area contributed by atoms with Crippen LogP contribution in [-0.4, -0.2) is 34.5 Å². The molecule has 2 aromatic carbocycles. The maximum absolute atomic E-state index is 12.5. The number of halogens is 1. The smallest absolute Gasteiger partial charge is 0.238 e. The maximum atomic E-state index is 12.5. The molecule has 2 aromatic rings. The minimum atomic E-state index is -3.74. The number of carbonyl (C=O) groups excluding carboxylic acids is 1. The number of primary sulfonamides is 1. The lowest BCUT2D eigenvalue weighted by Gasteiger charge is -2.38. The molecule has 1 fully saturated rings. The third kappa shape index (κ3) is 5.57. The zero-order valence-electron chi connectivity index (χ0n) is 17.8. The van der Waals surface area contributed by atoms with Gasteiger partial charge >= 0.3 is 0 Å². The average molecular weight is 468 g/mol. The molecule has 0 radical (unpaired) electrons. The molecular formula is C22H30ClN3O4S. The van der Waals surface area contributed by atoms with Gasteiger partial charge in [-0.25, -0.2) is 13.6 Å². The summed E-state index contributed by atoms with van der Waals surface area (Å²) in [5, 5.41) is 8.47. The van der Waals surface area contributed by atoms with E-state index in [4.69, 9.17) is 15.6 Å². The minimum Gasteiger partial charge on any atom is -0.496 e.